The van der Waals surface area contributed by atoms with Crippen LogP contribution in [0.25, 0.3) is 0 Å². The molecule has 1 rings (SSSR count). The molecule has 0 aromatic carbocycles. The zero-order valence-electron chi connectivity index (χ0n) is 9.69. The van der Waals surface area contributed by atoms with E-state index in [2.05, 4.69) is 9.72 Å². The Bertz CT molecular complexity index is 413. The Morgan fingerprint density at radius 3 is 2.71 bits per heavy atom. The Morgan fingerprint density at radius 2 is 2.18 bits per heavy atom. The monoisotopic (exact) mass is 242 g/mol. The molecule has 7 nitrogen and oxygen atoms in total. The van der Waals surface area contributed by atoms with Crippen molar-refractivity contribution in [3.63, 3.8) is 0 Å². The fourth-order valence-electron chi connectivity index (χ4n) is 1.17. The Hall–Kier alpha value is -1.89. The third-order valence-corrected chi connectivity index (χ3v) is 1.82. The lowest BCUT2D eigenvalue weighted by Crippen LogP contribution is -2.12. The first kappa shape index (κ1) is 13.2. The van der Waals surface area contributed by atoms with Crippen LogP contribution in [0.2, 0.25) is 0 Å². The van der Waals surface area contributed by atoms with Gasteiger partial charge in [0.1, 0.15) is 13.2 Å². The fourth-order valence-corrected chi connectivity index (χ4v) is 1.17. The fraction of sp³-hybridized carbons (Fsp3) is 0.500. The summed E-state index contributed by atoms with van der Waals surface area (Å²) in [6.07, 6.45) is 0. The van der Waals surface area contributed by atoms with Crippen molar-refractivity contribution in [1.29, 1.82) is 0 Å². The quantitative estimate of drug-likeness (QED) is 0.712. The normalized spacial score (nSPS) is 10.2. The summed E-state index contributed by atoms with van der Waals surface area (Å²) < 4.78 is 14.7. The molecule has 94 valence electrons. The molecule has 0 aliphatic rings. The first-order chi connectivity index (χ1) is 8.04. The van der Waals surface area contributed by atoms with Crippen molar-refractivity contribution < 1.29 is 23.5 Å². The predicted octanol–water partition coefficient (Wildman–Crippen LogP) is 0.162. The number of esters is 1. The molecule has 17 heavy (non-hydrogen) atoms. The maximum atomic E-state index is 10.9. The summed E-state index contributed by atoms with van der Waals surface area (Å²) in [6, 6.07) is 0. The second-order valence-electron chi connectivity index (χ2n) is 3.18. The Kier molecular flexibility index (Phi) is 4.65. The molecule has 1 aromatic heterocycles. The molecule has 0 spiro atoms. The van der Waals surface area contributed by atoms with Gasteiger partial charge in [0.25, 0.3) is 5.91 Å². The first-order valence-electron chi connectivity index (χ1n) is 5.04. The van der Waals surface area contributed by atoms with Crippen LogP contribution in [0.15, 0.2) is 4.42 Å². The van der Waals surface area contributed by atoms with E-state index in [0.717, 1.165) is 0 Å². The Morgan fingerprint density at radius 1 is 1.47 bits per heavy atom. The molecule has 0 bridgehead atoms. The van der Waals surface area contributed by atoms with Crippen molar-refractivity contribution >= 4 is 11.9 Å². The summed E-state index contributed by atoms with van der Waals surface area (Å²) in [5, 5.41) is 0. The smallest absolute Gasteiger partial charge is 0.332 e. The summed E-state index contributed by atoms with van der Waals surface area (Å²) in [4.78, 5) is 25.7. The second kappa shape index (κ2) is 6.00. The zero-order valence-corrected chi connectivity index (χ0v) is 9.69. The van der Waals surface area contributed by atoms with Crippen molar-refractivity contribution in [2.75, 3.05) is 13.2 Å². The summed E-state index contributed by atoms with van der Waals surface area (Å²) in [6.45, 7) is 3.38. The number of ether oxygens (including phenoxy) is 2. The number of hydrogen-bond donors (Lipinski definition) is 1. The van der Waals surface area contributed by atoms with Crippen LogP contribution in [0, 0.1) is 6.92 Å². The largest absolute Gasteiger partial charge is 0.464 e. The molecule has 0 saturated heterocycles. The average molecular weight is 242 g/mol. The number of hydrogen-bond acceptors (Lipinski definition) is 6. The number of primary amides is 1. The minimum absolute atomic E-state index is 0.000246. The molecule has 1 aromatic rings. The van der Waals surface area contributed by atoms with Crippen LogP contribution in [0.1, 0.15) is 29.1 Å². The van der Waals surface area contributed by atoms with Gasteiger partial charge in [-0.3, -0.25) is 4.79 Å². The maximum absolute atomic E-state index is 10.9. The lowest BCUT2D eigenvalue weighted by molar-refractivity contribution is -0.149. The van der Waals surface area contributed by atoms with E-state index in [0.29, 0.717) is 12.3 Å². The summed E-state index contributed by atoms with van der Waals surface area (Å²) in [5.41, 5.74) is 5.45. The second-order valence-corrected chi connectivity index (χ2v) is 3.18. The van der Waals surface area contributed by atoms with Gasteiger partial charge < -0.3 is 19.6 Å². The highest BCUT2D eigenvalue weighted by molar-refractivity contribution is 5.90. The molecule has 0 saturated carbocycles. The van der Waals surface area contributed by atoms with Gasteiger partial charge in [0.2, 0.25) is 11.7 Å². The van der Waals surface area contributed by atoms with Gasteiger partial charge >= 0.3 is 5.97 Å². The number of oxazole rings is 1. The van der Waals surface area contributed by atoms with Crippen LogP contribution in [0.5, 0.6) is 0 Å². The van der Waals surface area contributed by atoms with Crippen molar-refractivity contribution in [2.24, 2.45) is 5.73 Å². The van der Waals surface area contributed by atoms with Crippen molar-refractivity contribution in [2.45, 2.75) is 20.5 Å². The number of rotatable bonds is 6. The standard InChI is InChI=1S/C10H14N2O5/c1-3-16-8(13)5-15-4-7-12-6(2)9(17-7)10(11)14/h3-5H2,1-2H3,(H2,11,14). The zero-order chi connectivity index (χ0) is 12.8. The van der Waals surface area contributed by atoms with Crippen molar-refractivity contribution in [1.82, 2.24) is 4.98 Å². The highest BCUT2D eigenvalue weighted by atomic mass is 16.6. The van der Waals surface area contributed by atoms with Crippen LogP contribution < -0.4 is 5.73 Å². The molecular formula is C10H14N2O5. The number of carbonyl (C=O) groups is 2. The lowest BCUT2D eigenvalue weighted by atomic mass is 10.4. The molecular weight excluding hydrogens is 228 g/mol. The van der Waals surface area contributed by atoms with E-state index in [1.54, 1.807) is 13.8 Å². The van der Waals surface area contributed by atoms with Crippen molar-refractivity contribution in [3.05, 3.63) is 17.3 Å². The van der Waals surface area contributed by atoms with Crippen LogP contribution in [0.3, 0.4) is 0 Å². The summed E-state index contributed by atoms with van der Waals surface area (Å²) in [5.74, 6) is -0.960. The van der Waals surface area contributed by atoms with E-state index in [9.17, 15) is 9.59 Å². The van der Waals surface area contributed by atoms with Crippen molar-refractivity contribution in [3.8, 4) is 0 Å². The number of aromatic nitrogens is 1. The van der Waals surface area contributed by atoms with E-state index in [4.69, 9.17) is 14.9 Å². The number of carbonyl (C=O) groups excluding carboxylic acids is 2. The summed E-state index contributed by atoms with van der Waals surface area (Å²) in [7, 11) is 0. The number of nitrogens with zero attached hydrogens (tertiary/aromatic N) is 1. The molecule has 0 radical (unpaired) electrons. The van der Waals surface area contributed by atoms with Gasteiger partial charge in [0.05, 0.1) is 12.3 Å². The molecule has 0 aliphatic heterocycles. The highest BCUT2D eigenvalue weighted by Crippen LogP contribution is 2.10. The van der Waals surface area contributed by atoms with Crippen LogP contribution in [-0.4, -0.2) is 30.1 Å². The highest BCUT2D eigenvalue weighted by Gasteiger charge is 2.14. The number of aryl methyl sites for hydroxylation is 1. The van der Waals surface area contributed by atoms with E-state index < -0.39 is 11.9 Å². The van der Waals surface area contributed by atoms with Gasteiger partial charge in [-0.15, -0.1) is 0 Å². The topological polar surface area (TPSA) is 105 Å². The number of nitrogens with two attached hydrogens (primary N) is 1. The van der Waals surface area contributed by atoms with Gasteiger partial charge in [-0.1, -0.05) is 0 Å². The van der Waals surface area contributed by atoms with E-state index in [-0.39, 0.29) is 24.9 Å². The molecule has 2 N–H and O–H groups in total. The Labute approximate surface area is 97.9 Å². The van der Waals surface area contributed by atoms with Gasteiger partial charge in [-0.25, -0.2) is 9.78 Å². The maximum Gasteiger partial charge on any atom is 0.332 e. The molecule has 1 amide bonds. The van der Waals surface area contributed by atoms with Gasteiger partial charge in [0, 0.05) is 0 Å². The van der Waals surface area contributed by atoms with Crippen LogP contribution in [0.4, 0.5) is 0 Å². The van der Waals surface area contributed by atoms with Gasteiger partial charge in [0.15, 0.2) is 0 Å². The Balaban J connectivity index is 2.45. The minimum atomic E-state index is -0.688. The average Bonchev–Trinajstić information content (AvgIpc) is 2.60. The van der Waals surface area contributed by atoms with E-state index in [1.807, 2.05) is 0 Å². The van der Waals surface area contributed by atoms with E-state index >= 15 is 0 Å². The lowest BCUT2D eigenvalue weighted by Gasteiger charge is -2.01. The minimum Gasteiger partial charge on any atom is -0.464 e. The van der Waals surface area contributed by atoms with Gasteiger partial charge in [-0.2, -0.15) is 0 Å². The molecule has 0 atom stereocenters. The molecule has 0 fully saturated rings. The predicted molar refractivity (Wildman–Crippen MR) is 56.0 cm³/mol. The third-order valence-electron chi connectivity index (χ3n) is 1.82. The SMILES string of the molecule is CCOC(=O)COCc1nc(C)c(C(N)=O)o1. The van der Waals surface area contributed by atoms with Crippen LogP contribution in [-0.2, 0) is 20.9 Å². The van der Waals surface area contributed by atoms with Crippen LogP contribution >= 0.6 is 0 Å². The van der Waals surface area contributed by atoms with E-state index in [1.165, 1.54) is 0 Å². The summed E-state index contributed by atoms with van der Waals surface area (Å²) >= 11 is 0. The third kappa shape index (κ3) is 3.87. The molecule has 7 heteroatoms. The molecule has 1 heterocycles. The van der Waals surface area contributed by atoms with Gasteiger partial charge in [-0.05, 0) is 13.8 Å². The molecule has 0 unspecified atom stereocenters. The molecule has 0 aliphatic carbocycles. The number of amides is 1. The first-order valence-corrected chi connectivity index (χ1v) is 5.04.